The number of aromatic amines is 1. The van der Waals surface area contributed by atoms with E-state index >= 15 is 0 Å². The van der Waals surface area contributed by atoms with Crippen molar-refractivity contribution in [3.63, 3.8) is 0 Å². The smallest absolute Gasteiger partial charge is 0.291 e. The van der Waals surface area contributed by atoms with Gasteiger partial charge in [-0.1, -0.05) is 25.1 Å². The highest BCUT2D eigenvalue weighted by Crippen LogP contribution is 2.29. The van der Waals surface area contributed by atoms with E-state index in [1.54, 1.807) is 18.3 Å². The average Bonchev–Trinajstić information content (AvgIpc) is 3.19. The fourth-order valence-corrected chi connectivity index (χ4v) is 3.71. The molecular formula is C23H21F3N4O2. The Kier molecular flexibility index (Phi) is 5.82. The lowest BCUT2D eigenvalue weighted by molar-refractivity contribution is -0.137. The summed E-state index contributed by atoms with van der Waals surface area (Å²) < 4.78 is 39.8. The molecule has 3 heterocycles. The fraction of sp³-hybridized carbons (Fsp3) is 0.304. The van der Waals surface area contributed by atoms with E-state index in [4.69, 9.17) is 0 Å². The van der Waals surface area contributed by atoms with E-state index in [1.165, 1.54) is 10.6 Å². The first-order valence-corrected chi connectivity index (χ1v) is 10.3. The minimum Gasteiger partial charge on any atom is -0.291 e. The molecule has 166 valence electrons. The fourth-order valence-electron chi connectivity index (χ4n) is 3.71. The standard InChI is InChI=1S/C23H21F3N4O2/c1-2-10-30-21(31)18-12-19(28-20(18)29-22(30)32)15-7-9-17(27-13-15)8-6-14-4-3-5-16(11-14)23(24,25)26/h3-5,7,9,11,13H,2,6,8,10,12H2,1H3,(H,29,32). The van der Waals surface area contributed by atoms with Gasteiger partial charge in [0.2, 0.25) is 0 Å². The summed E-state index contributed by atoms with van der Waals surface area (Å²) in [7, 11) is 0. The third kappa shape index (κ3) is 4.42. The summed E-state index contributed by atoms with van der Waals surface area (Å²) >= 11 is 0. The summed E-state index contributed by atoms with van der Waals surface area (Å²) in [6.07, 6.45) is -0.833. The maximum Gasteiger partial charge on any atom is 0.416 e. The summed E-state index contributed by atoms with van der Waals surface area (Å²) in [4.78, 5) is 36.2. The molecule has 0 aliphatic carbocycles. The van der Waals surface area contributed by atoms with Crippen LogP contribution in [0.2, 0.25) is 0 Å². The Bertz CT molecular complexity index is 1290. The third-order valence-corrected chi connectivity index (χ3v) is 5.38. The van der Waals surface area contributed by atoms with Crippen LogP contribution in [0.1, 0.15) is 41.3 Å². The number of rotatable bonds is 6. The maximum atomic E-state index is 12.9. The molecule has 9 heteroatoms. The predicted molar refractivity (Wildman–Crippen MR) is 115 cm³/mol. The van der Waals surface area contributed by atoms with Crippen LogP contribution >= 0.6 is 0 Å². The molecule has 0 radical (unpaired) electrons. The molecule has 0 amide bonds. The summed E-state index contributed by atoms with van der Waals surface area (Å²) in [5, 5.41) is 0. The number of hydrogen-bond acceptors (Lipinski definition) is 4. The number of fused-ring (bicyclic) bond motifs is 1. The number of H-pyrrole nitrogens is 1. The first kappa shape index (κ1) is 21.7. The van der Waals surface area contributed by atoms with Crippen molar-refractivity contribution in [2.45, 2.75) is 45.3 Å². The summed E-state index contributed by atoms with van der Waals surface area (Å²) in [5.74, 6) is 0.288. The molecule has 0 unspecified atom stereocenters. The first-order valence-electron chi connectivity index (χ1n) is 10.3. The van der Waals surface area contributed by atoms with E-state index in [2.05, 4.69) is 15.0 Å². The highest BCUT2D eigenvalue weighted by molar-refractivity contribution is 6.05. The van der Waals surface area contributed by atoms with Gasteiger partial charge >= 0.3 is 11.9 Å². The molecule has 2 aromatic heterocycles. The second-order valence-electron chi connectivity index (χ2n) is 7.69. The quantitative estimate of drug-likeness (QED) is 0.630. The molecule has 3 aromatic rings. The molecule has 1 aliphatic rings. The van der Waals surface area contributed by atoms with Crippen molar-refractivity contribution in [3.8, 4) is 0 Å². The third-order valence-electron chi connectivity index (χ3n) is 5.38. The molecule has 0 saturated carbocycles. The van der Waals surface area contributed by atoms with Crippen molar-refractivity contribution in [2.24, 2.45) is 4.99 Å². The summed E-state index contributed by atoms with van der Waals surface area (Å²) in [5.41, 5.74) is 1.70. The molecule has 0 fully saturated rings. The molecule has 4 rings (SSSR count). The first-order chi connectivity index (χ1) is 15.3. The molecular weight excluding hydrogens is 421 g/mol. The van der Waals surface area contributed by atoms with Gasteiger partial charge in [0, 0.05) is 30.4 Å². The van der Waals surface area contributed by atoms with Crippen LogP contribution in [0.15, 0.2) is 57.2 Å². The Morgan fingerprint density at radius 2 is 1.94 bits per heavy atom. The van der Waals surface area contributed by atoms with Crippen molar-refractivity contribution in [2.75, 3.05) is 0 Å². The van der Waals surface area contributed by atoms with E-state index in [0.717, 1.165) is 23.4 Å². The van der Waals surface area contributed by atoms with Crippen LogP contribution in [-0.4, -0.2) is 20.2 Å². The second kappa shape index (κ2) is 8.57. The van der Waals surface area contributed by atoms with Gasteiger partial charge in [0.25, 0.3) is 5.56 Å². The predicted octanol–water partition coefficient (Wildman–Crippen LogP) is 3.82. The number of aryl methyl sites for hydroxylation is 2. The molecule has 0 bridgehead atoms. The summed E-state index contributed by atoms with van der Waals surface area (Å²) in [6.45, 7) is 2.24. The van der Waals surface area contributed by atoms with Crippen molar-refractivity contribution in [3.05, 3.63) is 91.4 Å². The minimum absolute atomic E-state index is 0.288. The van der Waals surface area contributed by atoms with Crippen LogP contribution in [0.25, 0.3) is 0 Å². The molecule has 32 heavy (non-hydrogen) atoms. The van der Waals surface area contributed by atoms with E-state index in [1.807, 2.05) is 13.0 Å². The lowest BCUT2D eigenvalue weighted by Crippen LogP contribution is -2.36. The SMILES string of the molecule is CCCn1c(=O)[nH]c2c(c1=O)CC(c1ccc(CCc3cccc(C(F)(F)F)c3)nc1)=N2. The highest BCUT2D eigenvalue weighted by Gasteiger charge is 2.30. The molecule has 0 saturated heterocycles. The van der Waals surface area contributed by atoms with Gasteiger partial charge in [-0.3, -0.25) is 19.3 Å². The Morgan fingerprint density at radius 1 is 1.12 bits per heavy atom. The molecule has 6 nitrogen and oxygen atoms in total. The molecule has 1 aromatic carbocycles. The Morgan fingerprint density at radius 3 is 2.62 bits per heavy atom. The maximum absolute atomic E-state index is 12.9. The van der Waals surface area contributed by atoms with E-state index in [-0.39, 0.29) is 11.4 Å². The van der Waals surface area contributed by atoms with Gasteiger partial charge in [-0.15, -0.1) is 0 Å². The van der Waals surface area contributed by atoms with Crippen molar-refractivity contribution in [1.82, 2.24) is 14.5 Å². The van der Waals surface area contributed by atoms with Gasteiger partial charge in [-0.2, -0.15) is 13.2 Å². The van der Waals surface area contributed by atoms with Crippen molar-refractivity contribution < 1.29 is 13.2 Å². The summed E-state index contributed by atoms with van der Waals surface area (Å²) in [6, 6.07) is 8.91. The second-order valence-corrected chi connectivity index (χ2v) is 7.69. The number of pyridine rings is 1. The minimum atomic E-state index is -4.36. The Labute approximate surface area is 181 Å². The number of nitrogens with zero attached hydrogens (tertiary/aromatic N) is 3. The van der Waals surface area contributed by atoms with Gasteiger partial charge in [-0.05, 0) is 43.0 Å². The van der Waals surface area contributed by atoms with E-state index in [0.29, 0.717) is 49.1 Å². The van der Waals surface area contributed by atoms with Gasteiger partial charge in [0.1, 0.15) is 5.82 Å². The normalized spacial score (nSPS) is 13.2. The number of hydrogen-bond donors (Lipinski definition) is 1. The number of halogens is 3. The zero-order valence-corrected chi connectivity index (χ0v) is 17.4. The van der Waals surface area contributed by atoms with Crippen LogP contribution in [0.5, 0.6) is 0 Å². The number of nitrogens with one attached hydrogen (secondary N) is 1. The molecule has 0 spiro atoms. The number of aromatic nitrogens is 3. The van der Waals surface area contributed by atoms with Gasteiger partial charge in [-0.25, -0.2) is 9.79 Å². The number of aliphatic imine (C=N–C) groups is 1. The molecule has 0 atom stereocenters. The van der Waals surface area contributed by atoms with Crippen molar-refractivity contribution in [1.29, 1.82) is 0 Å². The lowest BCUT2D eigenvalue weighted by Gasteiger charge is -2.09. The Balaban J connectivity index is 1.47. The zero-order valence-electron chi connectivity index (χ0n) is 17.4. The van der Waals surface area contributed by atoms with Gasteiger partial charge in [0.05, 0.1) is 16.8 Å². The van der Waals surface area contributed by atoms with Crippen LogP contribution in [0, 0.1) is 0 Å². The lowest BCUT2D eigenvalue weighted by atomic mass is 10.0. The number of alkyl halides is 3. The van der Waals surface area contributed by atoms with Crippen LogP contribution in [0.3, 0.4) is 0 Å². The molecule has 1 aliphatic heterocycles. The topological polar surface area (TPSA) is 80.1 Å². The van der Waals surface area contributed by atoms with Crippen LogP contribution in [0.4, 0.5) is 19.0 Å². The van der Waals surface area contributed by atoms with E-state index < -0.39 is 17.4 Å². The van der Waals surface area contributed by atoms with Crippen molar-refractivity contribution >= 4 is 11.5 Å². The average molecular weight is 442 g/mol. The van der Waals surface area contributed by atoms with Gasteiger partial charge < -0.3 is 0 Å². The monoisotopic (exact) mass is 442 g/mol. The van der Waals surface area contributed by atoms with E-state index in [9.17, 15) is 22.8 Å². The van der Waals surface area contributed by atoms with Crippen LogP contribution < -0.4 is 11.2 Å². The zero-order chi connectivity index (χ0) is 22.9. The highest BCUT2D eigenvalue weighted by atomic mass is 19.4. The van der Waals surface area contributed by atoms with Gasteiger partial charge in [0.15, 0.2) is 0 Å². The Hall–Kier alpha value is -3.49. The largest absolute Gasteiger partial charge is 0.416 e. The number of benzene rings is 1. The molecule has 1 N–H and O–H groups in total. The van der Waals surface area contributed by atoms with Crippen LogP contribution in [-0.2, 0) is 32.0 Å².